The summed E-state index contributed by atoms with van der Waals surface area (Å²) in [5.41, 5.74) is 2.38. The van der Waals surface area contributed by atoms with E-state index < -0.39 is 10.0 Å². The van der Waals surface area contributed by atoms with Gasteiger partial charge in [-0.05, 0) is 47.8 Å². The Labute approximate surface area is 183 Å². The summed E-state index contributed by atoms with van der Waals surface area (Å²) in [5, 5.41) is 4.93. The molecule has 1 saturated heterocycles. The van der Waals surface area contributed by atoms with Gasteiger partial charge < -0.3 is 10.2 Å². The summed E-state index contributed by atoms with van der Waals surface area (Å²) in [7, 11) is -3.48. The maximum absolute atomic E-state index is 12.9. The largest absolute Gasteiger partial charge is 0.331 e. The molecule has 1 fully saturated rings. The molecule has 1 aliphatic rings. The van der Waals surface area contributed by atoms with Gasteiger partial charge in [0.1, 0.15) is 4.21 Å². The highest BCUT2D eigenvalue weighted by atomic mass is 32.2. The van der Waals surface area contributed by atoms with E-state index in [4.69, 9.17) is 0 Å². The van der Waals surface area contributed by atoms with Gasteiger partial charge in [-0.1, -0.05) is 51.1 Å². The van der Waals surface area contributed by atoms with Crippen LogP contribution in [0, 0.1) is 5.92 Å². The quantitative estimate of drug-likeness (QED) is 0.666. The van der Waals surface area contributed by atoms with Crippen LogP contribution in [0.2, 0.25) is 0 Å². The molecule has 0 spiro atoms. The first kappa shape index (κ1) is 22.8. The first-order valence-corrected chi connectivity index (χ1v) is 12.9. The van der Waals surface area contributed by atoms with Crippen molar-refractivity contribution in [1.29, 1.82) is 0 Å². The number of benzene rings is 1. The van der Waals surface area contributed by atoms with E-state index in [1.54, 1.807) is 22.4 Å². The highest BCUT2D eigenvalue weighted by molar-refractivity contribution is 7.91. The van der Waals surface area contributed by atoms with Gasteiger partial charge in [-0.3, -0.25) is 0 Å². The number of nitrogens with zero attached hydrogens (tertiary/aromatic N) is 1. The van der Waals surface area contributed by atoms with Crippen molar-refractivity contribution in [2.75, 3.05) is 13.1 Å². The molecule has 8 heteroatoms. The van der Waals surface area contributed by atoms with E-state index in [0.29, 0.717) is 30.1 Å². The zero-order valence-corrected chi connectivity index (χ0v) is 19.4. The number of carbonyl (C=O) groups is 1. The molecule has 2 heterocycles. The maximum atomic E-state index is 12.9. The van der Waals surface area contributed by atoms with Crippen LogP contribution >= 0.6 is 11.3 Å². The summed E-state index contributed by atoms with van der Waals surface area (Å²) in [6, 6.07) is 11.5. The fourth-order valence-electron chi connectivity index (χ4n) is 3.71. The summed E-state index contributed by atoms with van der Waals surface area (Å²) in [6.45, 7) is 7.39. The van der Waals surface area contributed by atoms with Gasteiger partial charge in [-0.2, -0.15) is 0 Å². The van der Waals surface area contributed by atoms with Gasteiger partial charge in [-0.15, -0.1) is 11.3 Å². The van der Waals surface area contributed by atoms with E-state index >= 15 is 0 Å². The Kier molecular flexibility index (Phi) is 7.55. The molecule has 1 atom stereocenters. The Bertz CT molecular complexity index is 917. The fraction of sp³-hybridized carbons (Fsp3) is 0.500. The third-order valence-corrected chi connectivity index (χ3v) is 8.47. The molecule has 0 bridgehead atoms. The number of urea groups is 1. The van der Waals surface area contributed by atoms with Crippen LogP contribution in [-0.4, -0.2) is 38.5 Å². The lowest BCUT2D eigenvalue weighted by atomic mass is 9.95. The minimum atomic E-state index is -3.48. The summed E-state index contributed by atoms with van der Waals surface area (Å²) in [6.07, 6.45) is 2.20. The SMILES string of the molecule is CCc1ccc([C@@H](NC(=O)N2CCC(NS(=O)(=O)c3cccs3)CC2)C(C)C)cc1. The van der Waals surface area contributed by atoms with E-state index in [1.165, 1.54) is 16.9 Å². The van der Waals surface area contributed by atoms with Crippen LogP contribution in [-0.2, 0) is 16.4 Å². The van der Waals surface area contributed by atoms with Crippen LogP contribution in [0.25, 0.3) is 0 Å². The number of hydrogen-bond donors (Lipinski definition) is 2. The second kappa shape index (κ2) is 9.94. The van der Waals surface area contributed by atoms with Gasteiger partial charge in [-0.25, -0.2) is 17.9 Å². The van der Waals surface area contributed by atoms with E-state index in [0.717, 1.165) is 12.0 Å². The predicted octanol–water partition coefficient (Wildman–Crippen LogP) is 4.16. The summed E-state index contributed by atoms with van der Waals surface area (Å²) in [4.78, 5) is 14.6. The Morgan fingerprint density at radius 3 is 2.37 bits per heavy atom. The molecule has 164 valence electrons. The molecule has 2 aromatic rings. The van der Waals surface area contributed by atoms with Crippen molar-refractivity contribution in [2.24, 2.45) is 5.92 Å². The molecule has 0 unspecified atom stereocenters. The van der Waals surface area contributed by atoms with Gasteiger partial charge in [0, 0.05) is 19.1 Å². The van der Waals surface area contributed by atoms with Crippen LogP contribution in [0.5, 0.6) is 0 Å². The minimum Gasteiger partial charge on any atom is -0.331 e. The van der Waals surface area contributed by atoms with Crippen molar-refractivity contribution in [1.82, 2.24) is 14.9 Å². The monoisotopic (exact) mass is 449 g/mol. The maximum Gasteiger partial charge on any atom is 0.317 e. The Morgan fingerprint density at radius 2 is 1.83 bits per heavy atom. The second-order valence-electron chi connectivity index (χ2n) is 8.08. The van der Waals surface area contributed by atoms with Gasteiger partial charge in [0.05, 0.1) is 6.04 Å². The van der Waals surface area contributed by atoms with Crippen molar-refractivity contribution in [3.05, 3.63) is 52.9 Å². The number of aryl methyl sites for hydroxylation is 1. The number of nitrogens with one attached hydrogen (secondary N) is 2. The van der Waals surface area contributed by atoms with Crippen LogP contribution in [0.15, 0.2) is 46.0 Å². The summed E-state index contributed by atoms with van der Waals surface area (Å²) < 4.78 is 27.9. The number of likely N-dealkylation sites (tertiary alicyclic amines) is 1. The third kappa shape index (κ3) is 5.62. The number of piperidine rings is 1. The van der Waals surface area contributed by atoms with Gasteiger partial charge in [0.25, 0.3) is 0 Å². The predicted molar refractivity (Wildman–Crippen MR) is 121 cm³/mol. The highest BCUT2D eigenvalue weighted by Gasteiger charge is 2.28. The van der Waals surface area contributed by atoms with Gasteiger partial charge >= 0.3 is 6.03 Å². The van der Waals surface area contributed by atoms with Gasteiger partial charge in [0.2, 0.25) is 10.0 Å². The molecular formula is C22H31N3O3S2. The smallest absolute Gasteiger partial charge is 0.317 e. The molecular weight excluding hydrogens is 418 g/mol. The molecule has 6 nitrogen and oxygen atoms in total. The molecule has 0 saturated carbocycles. The average Bonchev–Trinajstić information content (AvgIpc) is 3.28. The van der Waals surface area contributed by atoms with Crippen molar-refractivity contribution in [3.63, 3.8) is 0 Å². The molecule has 0 aliphatic carbocycles. The van der Waals surface area contributed by atoms with E-state index in [-0.39, 0.29) is 24.0 Å². The zero-order valence-electron chi connectivity index (χ0n) is 17.8. The highest BCUT2D eigenvalue weighted by Crippen LogP contribution is 2.24. The standard InChI is InChI=1S/C22H31N3O3S2/c1-4-17-7-9-18(10-8-17)21(16(2)3)23-22(26)25-13-11-19(12-14-25)24-30(27,28)20-6-5-15-29-20/h5-10,15-16,19,21,24H,4,11-14H2,1-3H3,(H,23,26)/t21-/m0/s1. The Balaban J connectivity index is 1.56. The van der Waals surface area contributed by atoms with Gasteiger partial charge in [0.15, 0.2) is 0 Å². The molecule has 2 N–H and O–H groups in total. The van der Waals surface area contributed by atoms with Crippen LogP contribution < -0.4 is 10.0 Å². The Hall–Kier alpha value is -1.90. The third-order valence-electron chi connectivity index (χ3n) is 5.56. The lowest BCUT2D eigenvalue weighted by Crippen LogP contribution is -2.50. The second-order valence-corrected chi connectivity index (χ2v) is 11.0. The minimum absolute atomic E-state index is 0.0570. The fourth-order valence-corrected chi connectivity index (χ4v) is 6.03. The van der Waals surface area contributed by atoms with Crippen molar-refractivity contribution in [2.45, 2.75) is 56.3 Å². The van der Waals surface area contributed by atoms with Crippen molar-refractivity contribution >= 4 is 27.4 Å². The van der Waals surface area contributed by atoms with Crippen LogP contribution in [0.4, 0.5) is 4.79 Å². The van der Waals surface area contributed by atoms with Crippen LogP contribution in [0.1, 0.15) is 50.8 Å². The molecule has 1 aromatic carbocycles. The molecule has 1 aromatic heterocycles. The first-order valence-electron chi connectivity index (χ1n) is 10.5. The lowest BCUT2D eigenvalue weighted by molar-refractivity contribution is 0.173. The molecule has 30 heavy (non-hydrogen) atoms. The number of carbonyl (C=O) groups excluding carboxylic acids is 1. The van der Waals surface area contributed by atoms with Crippen molar-refractivity contribution < 1.29 is 13.2 Å². The van der Waals surface area contributed by atoms with Crippen molar-refractivity contribution in [3.8, 4) is 0 Å². The van der Waals surface area contributed by atoms with E-state index in [9.17, 15) is 13.2 Å². The number of rotatable bonds is 7. The average molecular weight is 450 g/mol. The first-order chi connectivity index (χ1) is 14.3. The number of amides is 2. The molecule has 0 radical (unpaired) electrons. The lowest BCUT2D eigenvalue weighted by Gasteiger charge is -2.34. The summed E-state index contributed by atoms with van der Waals surface area (Å²) in [5.74, 6) is 0.261. The van der Waals surface area contributed by atoms with E-state index in [2.05, 4.69) is 55.1 Å². The Morgan fingerprint density at radius 1 is 1.17 bits per heavy atom. The zero-order chi connectivity index (χ0) is 21.7. The molecule has 3 rings (SSSR count). The van der Waals surface area contributed by atoms with E-state index in [1.807, 2.05) is 0 Å². The number of sulfonamides is 1. The van der Waals surface area contributed by atoms with Crippen LogP contribution in [0.3, 0.4) is 0 Å². The summed E-state index contributed by atoms with van der Waals surface area (Å²) >= 11 is 1.21. The molecule has 2 amide bonds. The normalized spacial score (nSPS) is 16.6. The molecule has 1 aliphatic heterocycles. The number of hydrogen-bond acceptors (Lipinski definition) is 4. The number of thiophene rings is 1. The topological polar surface area (TPSA) is 78.5 Å².